The van der Waals surface area contributed by atoms with Crippen LogP contribution >= 0.6 is 0 Å². The summed E-state index contributed by atoms with van der Waals surface area (Å²) in [5.74, 6) is 0. The molecule has 0 amide bonds. The molecule has 0 saturated heterocycles. The molecule has 0 unspecified atom stereocenters. The fourth-order valence-electron chi connectivity index (χ4n) is 1.04. The van der Waals surface area contributed by atoms with Gasteiger partial charge in [0.2, 0.25) is 0 Å². The molecule has 0 fully saturated rings. The molecule has 2 N–H and O–H groups in total. The van der Waals surface area contributed by atoms with Gasteiger partial charge in [-0.1, -0.05) is 0 Å². The van der Waals surface area contributed by atoms with Crippen LogP contribution in [-0.2, 0) is 0 Å². The predicted molar refractivity (Wildman–Crippen MR) is 41.5 cm³/mol. The first-order chi connectivity index (χ1) is 5.25. The number of aromatic nitrogens is 3. The molecule has 0 aliphatic rings. The maximum Gasteiger partial charge on any atom is 0.323 e. The number of aromatic amines is 2. The van der Waals surface area contributed by atoms with Crippen LogP contribution in [0.1, 0.15) is 5.69 Å². The maximum absolute atomic E-state index is 10.8. The Morgan fingerprint density at radius 1 is 1.36 bits per heavy atom. The molecule has 2 heterocycles. The van der Waals surface area contributed by atoms with Crippen LogP contribution in [0.15, 0.2) is 17.1 Å². The van der Waals surface area contributed by atoms with Gasteiger partial charge in [0.15, 0.2) is 0 Å². The molecule has 0 aliphatic carbocycles. The molecule has 56 valence electrons. The summed E-state index contributed by atoms with van der Waals surface area (Å²) in [4.78, 5) is 20.1. The lowest BCUT2D eigenvalue weighted by atomic mass is 10.3. The number of hydrogen-bond acceptors (Lipinski definition) is 2. The Labute approximate surface area is 62.3 Å². The van der Waals surface area contributed by atoms with E-state index < -0.39 is 0 Å². The second-order valence-electron chi connectivity index (χ2n) is 2.45. The van der Waals surface area contributed by atoms with E-state index in [0.29, 0.717) is 0 Å². The van der Waals surface area contributed by atoms with Gasteiger partial charge in [-0.3, -0.25) is 4.98 Å². The van der Waals surface area contributed by atoms with E-state index in [1.165, 1.54) is 0 Å². The molecule has 0 radical (unpaired) electrons. The average molecular weight is 149 g/mol. The molecule has 2 aromatic heterocycles. The first-order valence-electron chi connectivity index (χ1n) is 3.30. The minimum Gasteiger partial charge on any atom is -0.306 e. The van der Waals surface area contributed by atoms with E-state index in [9.17, 15) is 4.79 Å². The van der Waals surface area contributed by atoms with Crippen LogP contribution in [0, 0.1) is 6.92 Å². The van der Waals surface area contributed by atoms with Crippen LogP contribution in [0.4, 0.5) is 0 Å². The molecule has 0 aromatic carbocycles. The van der Waals surface area contributed by atoms with Gasteiger partial charge >= 0.3 is 5.69 Å². The van der Waals surface area contributed by atoms with Crippen LogP contribution < -0.4 is 5.69 Å². The smallest absolute Gasteiger partial charge is 0.306 e. The topological polar surface area (TPSA) is 61.5 Å². The fourth-order valence-corrected chi connectivity index (χ4v) is 1.04. The third kappa shape index (κ3) is 0.920. The Balaban J connectivity index is 2.92. The molecule has 4 nitrogen and oxygen atoms in total. The molecule has 0 aliphatic heterocycles. The van der Waals surface area contributed by atoms with Crippen molar-refractivity contribution in [2.45, 2.75) is 6.92 Å². The number of rotatable bonds is 0. The summed E-state index contributed by atoms with van der Waals surface area (Å²) in [5.41, 5.74) is 2.27. The number of aryl methyl sites for hydroxylation is 1. The van der Waals surface area contributed by atoms with Gasteiger partial charge in [-0.25, -0.2) is 4.79 Å². The zero-order chi connectivity index (χ0) is 7.84. The van der Waals surface area contributed by atoms with Crippen LogP contribution in [0.5, 0.6) is 0 Å². The normalized spacial score (nSPS) is 10.6. The van der Waals surface area contributed by atoms with Gasteiger partial charge in [0.25, 0.3) is 0 Å². The number of nitrogens with zero attached hydrogens (tertiary/aromatic N) is 1. The van der Waals surface area contributed by atoms with E-state index in [4.69, 9.17) is 0 Å². The minimum absolute atomic E-state index is 0.188. The summed E-state index contributed by atoms with van der Waals surface area (Å²) in [6, 6.07) is 1.83. The monoisotopic (exact) mass is 149 g/mol. The zero-order valence-corrected chi connectivity index (χ0v) is 6.01. The highest BCUT2D eigenvalue weighted by molar-refractivity contribution is 5.73. The van der Waals surface area contributed by atoms with Gasteiger partial charge in [-0.05, 0) is 13.0 Å². The minimum atomic E-state index is -0.188. The molecular weight excluding hydrogens is 142 g/mol. The Morgan fingerprint density at radius 3 is 2.91 bits per heavy atom. The first kappa shape index (κ1) is 6.15. The molecule has 2 aromatic rings. The maximum atomic E-state index is 10.8. The van der Waals surface area contributed by atoms with Crippen molar-refractivity contribution >= 4 is 11.0 Å². The second-order valence-corrected chi connectivity index (χ2v) is 2.45. The lowest BCUT2D eigenvalue weighted by Gasteiger charge is -1.88. The van der Waals surface area contributed by atoms with Crippen molar-refractivity contribution in [3.05, 3.63) is 28.4 Å². The average Bonchev–Trinajstić information content (AvgIpc) is 2.27. The lowest BCUT2D eigenvalue weighted by Crippen LogP contribution is -1.99. The standard InChI is InChI=1S/C7H7N3O/c1-4-2-5-6(3-8-4)10-7(11)9-5/h2-3H,1H3,(H2,9,10,11). The summed E-state index contributed by atoms with van der Waals surface area (Å²) >= 11 is 0. The summed E-state index contributed by atoms with van der Waals surface area (Å²) in [6.45, 7) is 1.88. The van der Waals surface area contributed by atoms with Gasteiger partial charge in [-0.15, -0.1) is 0 Å². The molecular formula is C7H7N3O. The third-order valence-electron chi connectivity index (χ3n) is 1.54. The van der Waals surface area contributed by atoms with Crippen LogP contribution in [0.2, 0.25) is 0 Å². The molecule has 0 atom stereocenters. The molecule has 0 saturated carbocycles. The van der Waals surface area contributed by atoms with Crippen molar-refractivity contribution in [3.8, 4) is 0 Å². The third-order valence-corrected chi connectivity index (χ3v) is 1.54. The van der Waals surface area contributed by atoms with E-state index in [1.54, 1.807) is 6.20 Å². The molecule has 11 heavy (non-hydrogen) atoms. The lowest BCUT2D eigenvalue weighted by molar-refractivity contribution is 1.21. The Kier molecular flexibility index (Phi) is 1.09. The van der Waals surface area contributed by atoms with E-state index >= 15 is 0 Å². The van der Waals surface area contributed by atoms with E-state index in [2.05, 4.69) is 15.0 Å². The van der Waals surface area contributed by atoms with E-state index in [1.807, 2.05) is 13.0 Å². The number of hydrogen-bond donors (Lipinski definition) is 2. The van der Waals surface area contributed by atoms with Crippen molar-refractivity contribution < 1.29 is 0 Å². The fraction of sp³-hybridized carbons (Fsp3) is 0.143. The largest absolute Gasteiger partial charge is 0.323 e. The van der Waals surface area contributed by atoms with Crippen molar-refractivity contribution in [1.29, 1.82) is 0 Å². The molecule has 4 heteroatoms. The van der Waals surface area contributed by atoms with Gasteiger partial charge in [-0.2, -0.15) is 0 Å². The highest BCUT2D eigenvalue weighted by Crippen LogP contribution is 2.04. The number of fused-ring (bicyclic) bond motifs is 1. The Morgan fingerprint density at radius 2 is 2.09 bits per heavy atom. The number of nitrogens with one attached hydrogen (secondary N) is 2. The predicted octanol–water partition coefficient (Wildman–Crippen LogP) is 0.560. The second kappa shape index (κ2) is 1.95. The number of H-pyrrole nitrogens is 2. The summed E-state index contributed by atoms with van der Waals surface area (Å²) in [7, 11) is 0. The van der Waals surface area contributed by atoms with Gasteiger partial charge < -0.3 is 9.97 Å². The molecule has 2 rings (SSSR count). The molecule has 0 spiro atoms. The van der Waals surface area contributed by atoms with E-state index in [0.717, 1.165) is 16.7 Å². The number of pyridine rings is 1. The summed E-state index contributed by atoms with van der Waals surface area (Å²) in [5, 5.41) is 0. The Hall–Kier alpha value is -1.58. The summed E-state index contributed by atoms with van der Waals surface area (Å²) < 4.78 is 0. The van der Waals surface area contributed by atoms with Crippen LogP contribution in [0.25, 0.3) is 11.0 Å². The Bertz CT molecular complexity index is 440. The van der Waals surface area contributed by atoms with Crippen molar-refractivity contribution in [2.75, 3.05) is 0 Å². The zero-order valence-electron chi connectivity index (χ0n) is 6.01. The van der Waals surface area contributed by atoms with Gasteiger partial charge in [0.05, 0.1) is 17.2 Å². The molecule has 0 bridgehead atoms. The van der Waals surface area contributed by atoms with Crippen molar-refractivity contribution in [1.82, 2.24) is 15.0 Å². The highest BCUT2D eigenvalue weighted by atomic mass is 16.1. The number of imidazole rings is 1. The SMILES string of the molecule is Cc1cc2[nH]c(=O)[nH]c2cn1. The van der Waals surface area contributed by atoms with Gasteiger partial charge in [0.1, 0.15) is 0 Å². The van der Waals surface area contributed by atoms with Gasteiger partial charge in [0, 0.05) is 5.69 Å². The first-order valence-corrected chi connectivity index (χ1v) is 3.30. The van der Waals surface area contributed by atoms with Crippen LogP contribution in [-0.4, -0.2) is 15.0 Å². The quantitative estimate of drug-likeness (QED) is 0.574. The van der Waals surface area contributed by atoms with Crippen molar-refractivity contribution in [3.63, 3.8) is 0 Å². The van der Waals surface area contributed by atoms with E-state index in [-0.39, 0.29) is 5.69 Å². The van der Waals surface area contributed by atoms with Crippen molar-refractivity contribution in [2.24, 2.45) is 0 Å². The highest BCUT2D eigenvalue weighted by Gasteiger charge is 1.96. The van der Waals surface area contributed by atoms with Crippen LogP contribution in [0.3, 0.4) is 0 Å². The summed E-state index contributed by atoms with van der Waals surface area (Å²) in [6.07, 6.45) is 1.64.